The number of halogens is 4. The largest absolute Gasteiger partial charge is 0.505 e. The van der Waals surface area contributed by atoms with Gasteiger partial charge in [0.15, 0.2) is 0 Å². The summed E-state index contributed by atoms with van der Waals surface area (Å²) in [6.07, 6.45) is -2.83. The Hall–Kier alpha value is -5.57. The average molecular weight is 673 g/mol. The number of carboxylic acid groups (broad SMARTS) is 1. The lowest BCUT2D eigenvalue weighted by Crippen LogP contribution is -2.14. The van der Waals surface area contributed by atoms with Crippen molar-refractivity contribution in [2.75, 3.05) is 0 Å². The highest BCUT2D eigenvalue weighted by atomic mass is 35.5. The smallest absolute Gasteiger partial charge is 0.339 e. The number of alkyl halides is 2. The van der Waals surface area contributed by atoms with Crippen LogP contribution in [-0.4, -0.2) is 28.6 Å². The van der Waals surface area contributed by atoms with Crippen molar-refractivity contribution in [3.8, 4) is 45.3 Å². The lowest BCUT2D eigenvalue weighted by atomic mass is 9.93. The average Bonchev–Trinajstić information content (AvgIpc) is 3.40. The summed E-state index contributed by atoms with van der Waals surface area (Å²) in [5.74, 6) is -2.73. The number of benzene rings is 5. The molecule has 0 saturated carbocycles. The van der Waals surface area contributed by atoms with E-state index in [1.807, 2.05) is 0 Å². The SMILES string of the molecule is N#Cc1ccccc1-c1c(-c2cccc(-c3ccc(C(=O)O)c(O)c3Cl)c2)n(S(=O)(=O)c2ccc(C(F)F)cc2)c2ccc(F)cc12. The maximum Gasteiger partial charge on any atom is 0.339 e. The molecule has 47 heavy (non-hydrogen) atoms. The highest BCUT2D eigenvalue weighted by Gasteiger charge is 2.30. The fourth-order valence-corrected chi connectivity index (χ4v) is 7.32. The molecule has 0 amide bonds. The van der Waals surface area contributed by atoms with Gasteiger partial charge in [-0.1, -0.05) is 66.2 Å². The fraction of sp³-hybridized carbons (Fsp3) is 0.0286. The molecule has 0 saturated heterocycles. The summed E-state index contributed by atoms with van der Waals surface area (Å²) in [5.41, 5.74) is 0.799. The Bertz CT molecular complexity index is 2380. The van der Waals surface area contributed by atoms with Crippen molar-refractivity contribution < 1.29 is 36.6 Å². The van der Waals surface area contributed by atoms with Crippen molar-refractivity contribution >= 4 is 38.5 Å². The van der Waals surface area contributed by atoms with Crippen LogP contribution in [0.3, 0.4) is 0 Å². The molecule has 0 aliphatic carbocycles. The topological polar surface area (TPSA) is 120 Å². The third-order valence-corrected chi connectivity index (χ3v) is 9.78. The van der Waals surface area contributed by atoms with Crippen LogP contribution >= 0.6 is 11.6 Å². The summed E-state index contributed by atoms with van der Waals surface area (Å²) in [4.78, 5) is 11.2. The molecule has 0 spiro atoms. The van der Waals surface area contributed by atoms with Gasteiger partial charge in [0, 0.05) is 33.2 Å². The second-order valence-electron chi connectivity index (χ2n) is 10.4. The van der Waals surface area contributed by atoms with Gasteiger partial charge in [-0.15, -0.1) is 0 Å². The van der Waals surface area contributed by atoms with Crippen LogP contribution in [-0.2, 0) is 10.0 Å². The van der Waals surface area contributed by atoms with E-state index in [4.69, 9.17) is 11.6 Å². The van der Waals surface area contributed by atoms with E-state index in [-0.39, 0.29) is 54.3 Å². The Morgan fingerprint density at radius 1 is 0.872 bits per heavy atom. The molecule has 1 aromatic heterocycles. The Morgan fingerprint density at radius 2 is 1.57 bits per heavy atom. The van der Waals surface area contributed by atoms with Crippen LogP contribution in [0.25, 0.3) is 44.4 Å². The molecule has 234 valence electrons. The van der Waals surface area contributed by atoms with Crippen LogP contribution in [0, 0.1) is 17.1 Å². The van der Waals surface area contributed by atoms with Gasteiger partial charge in [0.2, 0.25) is 0 Å². The molecule has 1 heterocycles. The van der Waals surface area contributed by atoms with E-state index < -0.39 is 39.5 Å². The van der Waals surface area contributed by atoms with Crippen molar-refractivity contribution in [3.63, 3.8) is 0 Å². The predicted molar refractivity (Wildman–Crippen MR) is 171 cm³/mol. The van der Waals surface area contributed by atoms with E-state index in [2.05, 4.69) is 6.07 Å². The summed E-state index contributed by atoms with van der Waals surface area (Å²) in [7, 11) is -4.58. The zero-order valence-electron chi connectivity index (χ0n) is 23.8. The number of hydrogen-bond acceptors (Lipinski definition) is 5. The molecule has 0 radical (unpaired) electrons. The van der Waals surface area contributed by atoms with Gasteiger partial charge in [0.05, 0.1) is 32.8 Å². The van der Waals surface area contributed by atoms with E-state index in [1.54, 1.807) is 42.5 Å². The number of aromatic hydroxyl groups is 1. The summed E-state index contributed by atoms with van der Waals surface area (Å²) in [6.45, 7) is 0. The number of hydrogen-bond donors (Lipinski definition) is 2. The number of nitrogens with zero attached hydrogens (tertiary/aromatic N) is 2. The summed E-state index contributed by atoms with van der Waals surface area (Å²) >= 11 is 6.40. The lowest BCUT2D eigenvalue weighted by Gasteiger charge is -2.16. The highest BCUT2D eigenvalue weighted by molar-refractivity contribution is 7.90. The van der Waals surface area contributed by atoms with Crippen LogP contribution in [0.5, 0.6) is 5.75 Å². The Labute approximate surface area is 271 Å². The van der Waals surface area contributed by atoms with E-state index in [0.29, 0.717) is 11.1 Å². The maximum atomic E-state index is 14.9. The zero-order chi connectivity index (χ0) is 33.6. The normalized spacial score (nSPS) is 11.6. The molecular weight excluding hydrogens is 653 g/mol. The monoisotopic (exact) mass is 672 g/mol. The molecule has 0 unspecified atom stereocenters. The van der Waals surface area contributed by atoms with Crippen LogP contribution in [0.2, 0.25) is 5.02 Å². The maximum absolute atomic E-state index is 14.9. The van der Waals surface area contributed by atoms with Gasteiger partial charge in [0.1, 0.15) is 17.1 Å². The molecule has 5 aromatic carbocycles. The standard InChI is InChI=1S/C35H20ClF3N2O5S/c36-31-26(13-14-27(33(31)42)35(43)44)20-5-3-6-21(16-20)32-30(25-7-2-1-4-22(25)18-40)28-17-23(37)10-15-29(28)41(32)47(45,46)24-11-8-19(9-12-24)34(38)39/h1-17,34,42H,(H,43,44). The quantitative estimate of drug-likeness (QED) is 0.175. The molecule has 0 aliphatic heterocycles. The van der Waals surface area contributed by atoms with Crippen molar-refractivity contribution in [2.24, 2.45) is 0 Å². The lowest BCUT2D eigenvalue weighted by molar-refractivity contribution is 0.0693. The molecule has 0 bridgehead atoms. The van der Waals surface area contributed by atoms with Crippen molar-refractivity contribution in [1.29, 1.82) is 5.26 Å². The first kappa shape index (κ1) is 31.4. The molecule has 2 N–H and O–H groups in total. The van der Waals surface area contributed by atoms with Crippen LogP contribution in [0.15, 0.2) is 108 Å². The molecular formula is C35H20ClF3N2O5S. The Balaban J connectivity index is 1.72. The number of nitriles is 1. The van der Waals surface area contributed by atoms with Gasteiger partial charge in [0.25, 0.3) is 16.4 Å². The number of carboxylic acids is 1. The number of carbonyl (C=O) groups is 1. The minimum Gasteiger partial charge on any atom is -0.505 e. The van der Waals surface area contributed by atoms with Gasteiger partial charge in [-0.3, -0.25) is 0 Å². The van der Waals surface area contributed by atoms with E-state index in [9.17, 15) is 41.9 Å². The zero-order valence-corrected chi connectivity index (χ0v) is 25.4. The molecule has 6 aromatic rings. The van der Waals surface area contributed by atoms with Gasteiger partial charge < -0.3 is 10.2 Å². The predicted octanol–water partition coefficient (Wildman–Crippen LogP) is 8.88. The number of fused-ring (bicyclic) bond motifs is 1. The third-order valence-electron chi connectivity index (χ3n) is 7.67. The first-order valence-electron chi connectivity index (χ1n) is 13.8. The number of aromatic carboxylic acids is 1. The van der Waals surface area contributed by atoms with Gasteiger partial charge >= 0.3 is 5.97 Å². The Morgan fingerprint density at radius 3 is 2.26 bits per heavy atom. The number of phenols is 1. The molecule has 0 aliphatic rings. The van der Waals surface area contributed by atoms with E-state index >= 15 is 0 Å². The van der Waals surface area contributed by atoms with Gasteiger partial charge in [-0.2, -0.15) is 5.26 Å². The second kappa shape index (κ2) is 12.0. The molecule has 6 rings (SSSR count). The fourth-order valence-electron chi connectivity index (χ4n) is 5.50. The van der Waals surface area contributed by atoms with Crippen LogP contribution < -0.4 is 0 Å². The van der Waals surface area contributed by atoms with Crippen molar-refractivity contribution in [1.82, 2.24) is 3.97 Å². The van der Waals surface area contributed by atoms with E-state index in [0.717, 1.165) is 40.4 Å². The first-order chi connectivity index (χ1) is 22.4. The second-order valence-corrected chi connectivity index (χ2v) is 12.6. The third kappa shape index (κ3) is 5.37. The van der Waals surface area contributed by atoms with Crippen molar-refractivity contribution in [2.45, 2.75) is 11.3 Å². The molecule has 7 nitrogen and oxygen atoms in total. The summed E-state index contributed by atoms with van der Waals surface area (Å²) in [6, 6.07) is 25.0. The number of rotatable bonds is 7. The van der Waals surface area contributed by atoms with E-state index in [1.165, 1.54) is 24.3 Å². The van der Waals surface area contributed by atoms with Crippen LogP contribution in [0.1, 0.15) is 27.9 Å². The molecule has 12 heteroatoms. The van der Waals surface area contributed by atoms with Gasteiger partial charge in [-0.05, 0) is 54.1 Å². The minimum atomic E-state index is -4.58. The highest BCUT2D eigenvalue weighted by Crippen LogP contribution is 2.46. The minimum absolute atomic E-state index is 0.0237. The molecule has 0 fully saturated rings. The summed E-state index contributed by atoms with van der Waals surface area (Å²) < 4.78 is 71.5. The Kier molecular flexibility index (Phi) is 8.01. The molecule has 0 atom stereocenters. The summed E-state index contributed by atoms with van der Waals surface area (Å²) in [5, 5.41) is 29.8. The number of aromatic nitrogens is 1. The van der Waals surface area contributed by atoms with Crippen molar-refractivity contribution in [3.05, 3.63) is 131 Å². The van der Waals surface area contributed by atoms with Crippen LogP contribution in [0.4, 0.5) is 13.2 Å². The van der Waals surface area contributed by atoms with Gasteiger partial charge in [-0.25, -0.2) is 30.4 Å². The first-order valence-corrected chi connectivity index (χ1v) is 15.6.